The van der Waals surface area contributed by atoms with Crippen LogP contribution in [0, 0.1) is 5.82 Å². The van der Waals surface area contributed by atoms with Crippen LogP contribution in [-0.4, -0.2) is 22.0 Å². The molecular formula is C13H15FN4O. The highest BCUT2D eigenvalue weighted by atomic mass is 19.1. The van der Waals surface area contributed by atoms with Gasteiger partial charge in [-0.15, -0.1) is 0 Å². The summed E-state index contributed by atoms with van der Waals surface area (Å²) in [7, 11) is 0. The molecule has 6 heteroatoms. The molecule has 0 bridgehead atoms. The van der Waals surface area contributed by atoms with Gasteiger partial charge in [0.1, 0.15) is 5.82 Å². The van der Waals surface area contributed by atoms with Crippen LogP contribution in [0.2, 0.25) is 0 Å². The number of carbonyl (C=O) groups excluding carboxylic acids is 1. The van der Waals surface area contributed by atoms with Crippen molar-refractivity contribution < 1.29 is 9.18 Å². The van der Waals surface area contributed by atoms with Crippen LogP contribution < -0.4 is 11.1 Å². The molecule has 0 aliphatic carbocycles. The van der Waals surface area contributed by atoms with Crippen molar-refractivity contribution in [2.75, 3.05) is 6.54 Å². The molecule has 0 saturated heterocycles. The Morgan fingerprint density at radius 3 is 2.95 bits per heavy atom. The number of hydrogen-bond acceptors (Lipinski definition) is 3. The number of nitrogens with one attached hydrogen (secondary N) is 1. The van der Waals surface area contributed by atoms with E-state index >= 15 is 0 Å². The molecule has 0 aliphatic rings. The number of primary amides is 1. The molecule has 0 spiro atoms. The topological polar surface area (TPSA) is 72.9 Å². The summed E-state index contributed by atoms with van der Waals surface area (Å²) in [5.74, 6) is -1.05. The molecule has 1 aromatic carbocycles. The highest BCUT2D eigenvalue weighted by Gasteiger charge is 2.06. The molecule has 0 atom stereocenters. The lowest BCUT2D eigenvalue weighted by Crippen LogP contribution is -2.20. The highest BCUT2D eigenvalue weighted by Crippen LogP contribution is 2.09. The number of aromatic nitrogens is 2. The second-order valence-corrected chi connectivity index (χ2v) is 4.15. The Kier molecular flexibility index (Phi) is 4.25. The highest BCUT2D eigenvalue weighted by molar-refractivity contribution is 5.92. The number of nitrogens with two attached hydrogens (primary N) is 1. The van der Waals surface area contributed by atoms with Gasteiger partial charge in [-0.05, 0) is 12.1 Å². The first kappa shape index (κ1) is 13.2. The van der Waals surface area contributed by atoms with Crippen LogP contribution in [0.5, 0.6) is 0 Å². The van der Waals surface area contributed by atoms with Gasteiger partial charge in [0.05, 0.1) is 6.33 Å². The fourth-order valence-corrected chi connectivity index (χ4v) is 1.69. The van der Waals surface area contributed by atoms with Crippen molar-refractivity contribution in [3.63, 3.8) is 0 Å². The molecule has 0 saturated carbocycles. The van der Waals surface area contributed by atoms with Crippen LogP contribution in [0.4, 0.5) is 4.39 Å². The summed E-state index contributed by atoms with van der Waals surface area (Å²) in [6.45, 7) is 1.87. The number of hydrogen-bond donors (Lipinski definition) is 2. The fourth-order valence-electron chi connectivity index (χ4n) is 1.69. The van der Waals surface area contributed by atoms with Gasteiger partial charge in [0.15, 0.2) is 0 Å². The Bertz CT molecular complexity index is 554. The minimum absolute atomic E-state index is 0.180. The van der Waals surface area contributed by atoms with Crippen molar-refractivity contribution in [1.82, 2.24) is 14.9 Å². The number of imidazole rings is 1. The molecule has 5 nitrogen and oxygen atoms in total. The van der Waals surface area contributed by atoms with Gasteiger partial charge >= 0.3 is 0 Å². The van der Waals surface area contributed by atoms with Gasteiger partial charge in [0, 0.05) is 43.2 Å². The van der Waals surface area contributed by atoms with Gasteiger partial charge in [0.25, 0.3) is 0 Å². The molecular weight excluding hydrogens is 247 g/mol. The van der Waals surface area contributed by atoms with E-state index in [-0.39, 0.29) is 5.56 Å². The summed E-state index contributed by atoms with van der Waals surface area (Å²) in [4.78, 5) is 14.8. The Labute approximate surface area is 110 Å². The van der Waals surface area contributed by atoms with E-state index in [9.17, 15) is 9.18 Å². The van der Waals surface area contributed by atoms with E-state index in [1.807, 2.05) is 10.8 Å². The maximum absolute atomic E-state index is 13.6. The first-order valence-electron chi connectivity index (χ1n) is 5.91. The van der Waals surface area contributed by atoms with Crippen LogP contribution >= 0.6 is 0 Å². The molecule has 0 unspecified atom stereocenters. The number of carbonyl (C=O) groups is 1. The monoisotopic (exact) mass is 262 g/mol. The Balaban J connectivity index is 1.84. The normalized spacial score (nSPS) is 10.6. The molecule has 100 valence electrons. The standard InChI is InChI=1S/C13H15FN4O/c14-12-7-10(13(15)19)1-2-11(12)8-16-3-5-18-6-4-17-9-18/h1-2,4,6-7,9,16H,3,5,8H2,(H2,15,19). The predicted octanol–water partition coefficient (Wildman–Crippen LogP) is 0.911. The first-order chi connectivity index (χ1) is 9.16. The van der Waals surface area contributed by atoms with Gasteiger partial charge in [-0.3, -0.25) is 4.79 Å². The van der Waals surface area contributed by atoms with Crippen molar-refractivity contribution in [1.29, 1.82) is 0 Å². The predicted molar refractivity (Wildman–Crippen MR) is 68.9 cm³/mol. The number of benzene rings is 1. The lowest BCUT2D eigenvalue weighted by molar-refractivity contribution is 0.1000. The van der Waals surface area contributed by atoms with Gasteiger partial charge in [0.2, 0.25) is 5.91 Å². The molecule has 19 heavy (non-hydrogen) atoms. The van der Waals surface area contributed by atoms with Crippen molar-refractivity contribution >= 4 is 5.91 Å². The molecule has 1 aromatic heterocycles. The maximum Gasteiger partial charge on any atom is 0.248 e. The van der Waals surface area contributed by atoms with E-state index in [4.69, 9.17) is 5.73 Å². The van der Waals surface area contributed by atoms with Crippen LogP contribution in [0.3, 0.4) is 0 Å². The molecule has 0 fully saturated rings. The largest absolute Gasteiger partial charge is 0.366 e. The van der Waals surface area contributed by atoms with Crippen LogP contribution in [0.15, 0.2) is 36.9 Å². The Morgan fingerprint density at radius 1 is 1.47 bits per heavy atom. The third-order valence-corrected chi connectivity index (χ3v) is 2.76. The van der Waals surface area contributed by atoms with Crippen molar-refractivity contribution in [2.24, 2.45) is 5.73 Å². The second-order valence-electron chi connectivity index (χ2n) is 4.15. The SMILES string of the molecule is NC(=O)c1ccc(CNCCn2ccnc2)c(F)c1. The summed E-state index contributed by atoms with van der Waals surface area (Å²) in [6, 6.07) is 4.26. The fraction of sp³-hybridized carbons (Fsp3) is 0.231. The third-order valence-electron chi connectivity index (χ3n) is 2.76. The van der Waals surface area contributed by atoms with E-state index < -0.39 is 11.7 Å². The van der Waals surface area contributed by atoms with E-state index in [0.29, 0.717) is 18.7 Å². The average molecular weight is 262 g/mol. The third kappa shape index (κ3) is 3.62. The maximum atomic E-state index is 13.6. The van der Waals surface area contributed by atoms with Crippen LogP contribution in [0.1, 0.15) is 15.9 Å². The van der Waals surface area contributed by atoms with E-state index in [0.717, 1.165) is 12.6 Å². The number of halogens is 1. The van der Waals surface area contributed by atoms with E-state index in [1.54, 1.807) is 18.6 Å². The van der Waals surface area contributed by atoms with Crippen molar-refractivity contribution in [3.8, 4) is 0 Å². The molecule has 0 aliphatic heterocycles. The summed E-state index contributed by atoms with van der Waals surface area (Å²) in [5, 5.41) is 3.12. The molecule has 2 rings (SSSR count). The summed E-state index contributed by atoms with van der Waals surface area (Å²) in [5.41, 5.74) is 5.77. The summed E-state index contributed by atoms with van der Waals surface area (Å²) >= 11 is 0. The van der Waals surface area contributed by atoms with Crippen molar-refractivity contribution in [3.05, 3.63) is 53.9 Å². The van der Waals surface area contributed by atoms with E-state index in [2.05, 4.69) is 10.3 Å². The van der Waals surface area contributed by atoms with Crippen LogP contribution in [0.25, 0.3) is 0 Å². The quantitative estimate of drug-likeness (QED) is 0.760. The van der Waals surface area contributed by atoms with Gasteiger partial charge in [-0.1, -0.05) is 6.07 Å². The Morgan fingerprint density at radius 2 is 2.32 bits per heavy atom. The minimum Gasteiger partial charge on any atom is -0.366 e. The molecule has 1 amide bonds. The van der Waals surface area contributed by atoms with Crippen molar-refractivity contribution in [2.45, 2.75) is 13.1 Å². The van der Waals surface area contributed by atoms with Crippen LogP contribution in [-0.2, 0) is 13.1 Å². The summed E-state index contributed by atoms with van der Waals surface area (Å²) in [6.07, 6.45) is 5.30. The molecule has 1 heterocycles. The molecule has 3 N–H and O–H groups in total. The first-order valence-corrected chi connectivity index (χ1v) is 5.91. The molecule has 2 aromatic rings. The zero-order valence-corrected chi connectivity index (χ0v) is 10.3. The van der Waals surface area contributed by atoms with Gasteiger partial charge < -0.3 is 15.6 Å². The number of rotatable bonds is 6. The van der Waals surface area contributed by atoms with E-state index in [1.165, 1.54) is 6.07 Å². The zero-order chi connectivity index (χ0) is 13.7. The Hall–Kier alpha value is -2.21. The van der Waals surface area contributed by atoms with Gasteiger partial charge in [-0.25, -0.2) is 9.37 Å². The lowest BCUT2D eigenvalue weighted by atomic mass is 10.1. The average Bonchev–Trinajstić information content (AvgIpc) is 2.89. The lowest BCUT2D eigenvalue weighted by Gasteiger charge is -2.07. The molecule has 0 radical (unpaired) electrons. The van der Waals surface area contributed by atoms with Gasteiger partial charge in [-0.2, -0.15) is 0 Å². The zero-order valence-electron chi connectivity index (χ0n) is 10.3. The minimum atomic E-state index is -0.626. The summed E-state index contributed by atoms with van der Waals surface area (Å²) < 4.78 is 15.6. The number of amides is 1. The second kappa shape index (κ2) is 6.10. The smallest absolute Gasteiger partial charge is 0.248 e. The number of nitrogens with zero attached hydrogens (tertiary/aromatic N) is 2.